The molecule has 0 radical (unpaired) electrons. The largest absolute Gasteiger partial charge is 0.351 e. The van der Waals surface area contributed by atoms with Crippen LogP contribution in [0, 0.1) is 11.3 Å². The number of rotatable bonds is 5. The van der Waals surface area contributed by atoms with Crippen LogP contribution < -0.4 is 10.6 Å². The van der Waals surface area contributed by atoms with Gasteiger partial charge in [-0.1, -0.05) is 6.92 Å². The minimum atomic E-state index is -0.382. The van der Waals surface area contributed by atoms with E-state index in [-0.39, 0.29) is 23.9 Å². The molecule has 0 fully saturated rings. The Morgan fingerprint density at radius 3 is 2.47 bits per heavy atom. The molecule has 1 amide bonds. The van der Waals surface area contributed by atoms with Gasteiger partial charge < -0.3 is 10.6 Å². The molecule has 0 aromatic heterocycles. The van der Waals surface area contributed by atoms with Gasteiger partial charge in [0, 0.05) is 5.54 Å². The van der Waals surface area contributed by atoms with Crippen molar-refractivity contribution in [3.8, 4) is 6.07 Å². The number of nitrogens with zero attached hydrogens (tertiary/aromatic N) is 1. The average molecular weight is 211 g/mol. The average Bonchev–Trinajstić information content (AvgIpc) is 2.09. The molecule has 0 aromatic rings. The highest BCUT2D eigenvalue weighted by Gasteiger charge is 2.17. The van der Waals surface area contributed by atoms with Crippen molar-refractivity contribution in [2.45, 2.75) is 52.1 Å². The first-order chi connectivity index (χ1) is 6.89. The number of nitrogens with one attached hydrogen (secondary N) is 2. The van der Waals surface area contributed by atoms with Gasteiger partial charge in [0.1, 0.15) is 6.04 Å². The Morgan fingerprint density at radius 2 is 2.07 bits per heavy atom. The fourth-order valence-electron chi connectivity index (χ4n) is 1.14. The Hall–Kier alpha value is -1.08. The summed E-state index contributed by atoms with van der Waals surface area (Å²) in [5, 5.41) is 14.7. The van der Waals surface area contributed by atoms with Gasteiger partial charge in [-0.15, -0.1) is 0 Å². The van der Waals surface area contributed by atoms with Gasteiger partial charge in [-0.2, -0.15) is 5.26 Å². The molecule has 0 heterocycles. The van der Waals surface area contributed by atoms with E-state index in [0.29, 0.717) is 0 Å². The van der Waals surface area contributed by atoms with Gasteiger partial charge in [0.25, 0.3) is 0 Å². The fourth-order valence-corrected chi connectivity index (χ4v) is 1.14. The number of hydrogen-bond donors (Lipinski definition) is 2. The van der Waals surface area contributed by atoms with Crippen molar-refractivity contribution in [1.29, 1.82) is 5.26 Å². The number of amides is 1. The second-order valence-electron chi connectivity index (χ2n) is 4.64. The summed E-state index contributed by atoms with van der Waals surface area (Å²) in [5.41, 5.74) is -0.234. The summed E-state index contributed by atoms with van der Waals surface area (Å²) < 4.78 is 0. The number of hydrogen-bond acceptors (Lipinski definition) is 3. The highest BCUT2D eigenvalue weighted by molar-refractivity contribution is 5.77. The van der Waals surface area contributed by atoms with E-state index < -0.39 is 0 Å². The molecule has 15 heavy (non-hydrogen) atoms. The first kappa shape index (κ1) is 13.9. The predicted molar refractivity (Wildman–Crippen MR) is 60.2 cm³/mol. The van der Waals surface area contributed by atoms with E-state index in [9.17, 15) is 4.79 Å². The first-order valence-corrected chi connectivity index (χ1v) is 5.33. The van der Waals surface area contributed by atoms with Crippen LogP contribution in [0.4, 0.5) is 0 Å². The third-order valence-corrected chi connectivity index (χ3v) is 1.70. The van der Waals surface area contributed by atoms with Gasteiger partial charge >= 0.3 is 0 Å². The lowest BCUT2D eigenvalue weighted by Gasteiger charge is -2.21. The van der Waals surface area contributed by atoms with Crippen molar-refractivity contribution in [2.24, 2.45) is 0 Å². The molecule has 0 rings (SSSR count). The number of carbonyl (C=O) groups is 1. The molecular formula is C11H21N3O. The van der Waals surface area contributed by atoms with E-state index in [1.807, 2.05) is 27.7 Å². The number of nitriles is 1. The molecule has 86 valence electrons. The third-order valence-electron chi connectivity index (χ3n) is 1.70. The molecule has 2 N–H and O–H groups in total. The molecule has 1 atom stereocenters. The van der Waals surface area contributed by atoms with Crippen molar-refractivity contribution in [2.75, 3.05) is 6.54 Å². The summed E-state index contributed by atoms with van der Waals surface area (Å²) >= 11 is 0. The maximum atomic E-state index is 11.5. The molecule has 1 unspecified atom stereocenters. The van der Waals surface area contributed by atoms with Crippen molar-refractivity contribution in [3.63, 3.8) is 0 Å². The van der Waals surface area contributed by atoms with Crippen LogP contribution in [0.1, 0.15) is 40.5 Å². The molecule has 0 spiro atoms. The van der Waals surface area contributed by atoms with Gasteiger partial charge in [-0.25, -0.2) is 0 Å². The molecule has 0 bridgehead atoms. The van der Waals surface area contributed by atoms with E-state index in [2.05, 4.69) is 16.7 Å². The minimum absolute atomic E-state index is 0.0855. The van der Waals surface area contributed by atoms with E-state index in [0.717, 1.165) is 13.0 Å². The van der Waals surface area contributed by atoms with E-state index >= 15 is 0 Å². The van der Waals surface area contributed by atoms with Crippen LogP contribution in [0.3, 0.4) is 0 Å². The van der Waals surface area contributed by atoms with Crippen molar-refractivity contribution in [3.05, 3.63) is 0 Å². The van der Waals surface area contributed by atoms with Gasteiger partial charge in [0.15, 0.2) is 0 Å². The van der Waals surface area contributed by atoms with Gasteiger partial charge in [0.05, 0.1) is 12.5 Å². The van der Waals surface area contributed by atoms with E-state index in [1.54, 1.807) is 0 Å². The van der Waals surface area contributed by atoms with Crippen LogP contribution in [0.2, 0.25) is 0 Å². The van der Waals surface area contributed by atoms with Crippen LogP contribution >= 0.6 is 0 Å². The second kappa shape index (κ2) is 6.41. The van der Waals surface area contributed by atoms with Crippen LogP contribution in [0.25, 0.3) is 0 Å². The lowest BCUT2D eigenvalue weighted by Crippen LogP contribution is -2.43. The number of carbonyl (C=O) groups excluding carboxylic acids is 1. The smallest absolute Gasteiger partial charge is 0.223 e. The summed E-state index contributed by atoms with van der Waals surface area (Å²) in [6.45, 7) is 8.56. The molecule has 0 aliphatic rings. The summed E-state index contributed by atoms with van der Waals surface area (Å²) in [7, 11) is 0. The van der Waals surface area contributed by atoms with E-state index in [4.69, 9.17) is 5.26 Å². The van der Waals surface area contributed by atoms with Gasteiger partial charge in [-0.05, 0) is 33.7 Å². The molecule has 4 nitrogen and oxygen atoms in total. The Morgan fingerprint density at radius 1 is 1.47 bits per heavy atom. The van der Waals surface area contributed by atoms with Crippen LogP contribution in [0.5, 0.6) is 0 Å². The minimum Gasteiger partial charge on any atom is -0.351 e. The molecule has 4 heteroatoms. The Kier molecular flexibility index (Phi) is 5.95. The third kappa shape index (κ3) is 7.95. The first-order valence-electron chi connectivity index (χ1n) is 5.33. The predicted octanol–water partition coefficient (Wildman–Crippen LogP) is 1.18. The zero-order chi connectivity index (χ0) is 11.9. The van der Waals surface area contributed by atoms with Crippen LogP contribution in [-0.2, 0) is 4.79 Å². The van der Waals surface area contributed by atoms with Crippen LogP contribution in [0.15, 0.2) is 0 Å². The fraction of sp³-hybridized carbons (Fsp3) is 0.818. The lowest BCUT2D eigenvalue weighted by molar-refractivity contribution is -0.122. The maximum absolute atomic E-state index is 11.5. The van der Waals surface area contributed by atoms with Gasteiger partial charge in [0.2, 0.25) is 5.91 Å². The zero-order valence-electron chi connectivity index (χ0n) is 10.1. The van der Waals surface area contributed by atoms with Crippen LogP contribution in [-0.4, -0.2) is 24.0 Å². The molecule has 0 saturated heterocycles. The highest BCUT2D eigenvalue weighted by Crippen LogP contribution is 2.00. The van der Waals surface area contributed by atoms with Gasteiger partial charge in [-0.3, -0.25) is 4.79 Å². The summed E-state index contributed by atoms with van der Waals surface area (Å²) in [6, 6.07) is 1.70. The summed E-state index contributed by atoms with van der Waals surface area (Å²) in [4.78, 5) is 11.5. The molecular weight excluding hydrogens is 190 g/mol. The van der Waals surface area contributed by atoms with Crippen molar-refractivity contribution >= 4 is 5.91 Å². The van der Waals surface area contributed by atoms with Crippen molar-refractivity contribution < 1.29 is 4.79 Å². The Balaban J connectivity index is 3.98. The SMILES string of the molecule is CCCNC(C#N)CC(=O)NC(C)(C)C. The molecule has 0 saturated carbocycles. The maximum Gasteiger partial charge on any atom is 0.223 e. The Labute approximate surface area is 92.0 Å². The summed E-state index contributed by atoms with van der Waals surface area (Å²) in [6.07, 6.45) is 1.17. The highest BCUT2D eigenvalue weighted by atomic mass is 16.1. The zero-order valence-corrected chi connectivity index (χ0v) is 10.1. The standard InChI is InChI=1S/C11H21N3O/c1-5-6-13-9(8-12)7-10(15)14-11(2,3)4/h9,13H,5-7H2,1-4H3,(H,14,15). The van der Waals surface area contributed by atoms with Crippen molar-refractivity contribution in [1.82, 2.24) is 10.6 Å². The van der Waals surface area contributed by atoms with E-state index in [1.165, 1.54) is 0 Å². The lowest BCUT2D eigenvalue weighted by atomic mass is 10.1. The monoisotopic (exact) mass is 211 g/mol. The molecule has 0 aromatic carbocycles. The second-order valence-corrected chi connectivity index (χ2v) is 4.64. The quantitative estimate of drug-likeness (QED) is 0.717. The normalized spacial score (nSPS) is 13.0. The molecule has 0 aliphatic heterocycles. The Bertz CT molecular complexity index is 237. The summed E-state index contributed by atoms with van der Waals surface area (Å²) in [5.74, 6) is -0.0855. The molecule has 0 aliphatic carbocycles. The topological polar surface area (TPSA) is 64.9 Å².